The monoisotopic (exact) mass is 220 g/mol. The standard InChI is InChI=1S/C9H8N4OS/c10-9-12-6-5(7(14)13-9)3-4-1-2-15-8(4)11-6/h3H,1-2H2,(H3,10,11,12,13,14). The van der Waals surface area contributed by atoms with E-state index in [1.54, 1.807) is 11.8 Å². The van der Waals surface area contributed by atoms with Crippen molar-refractivity contribution in [3.63, 3.8) is 0 Å². The number of anilines is 1. The van der Waals surface area contributed by atoms with E-state index in [4.69, 9.17) is 5.73 Å². The Hall–Kier alpha value is -1.56. The number of nitrogen functional groups attached to an aromatic ring is 1. The Morgan fingerprint density at radius 3 is 3.20 bits per heavy atom. The molecule has 3 heterocycles. The topological polar surface area (TPSA) is 84.7 Å². The van der Waals surface area contributed by atoms with E-state index in [-0.39, 0.29) is 11.5 Å². The summed E-state index contributed by atoms with van der Waals surface area (Å²) in [7, 11) is 0. The van der Waals surface area contributed by atoms with Gasteiger partial charge in [0.2, 0.25) is 5.95 Å². The molecular weight excluding hydrogens is 212 g/mol. The van der Waals surface area contributed by atoms with E-state index < -0.39 is 0 Å². The van der Waals surface area contributed by atoms with Crippen molar-refractivity contribution in [2.75, 3.05) is 11.5 Å². The molecule has 0 saturated carbocycles. The molecule has 0 spiro atoms. The zero-order valence-electron chi connectivity index (χ0n) is 7.78. The lowest BCUT2D eigenvalue weighted by Crippen LogP contribution is -2.12. The van der Waals surface area contributed by atoms with E-state index in [2.05, 4.69) is 15.0 Å². The number of fused-ring (bicyclic) bond motifs is 2. The number of hydrogen-bond donors (Lipinski definition) is 2. The van der Waals surface area contributed by atoms with Gasteiger partial charge in [0.25, 0.3) is 5.56 Å². The molecule has 0 atom stereocenters. The Kier molecular flexibility index (Phi) is 1.72. The predicted octanol–water partition coefficient (Wildman–Crippen LogP) is 0.548. The molecule has 6 heteroatoms. The second-order valence-electron chi connectivity index (χ2n) is 3.37. The summed E-state index contributed by atoms with van der Waals surface area (Å²) < 4.78 is 0. The Morgan fingerprint density at radius 2 is 2.33 bits per heavy atom. The molecule has 0 aromatic carbocycles. The van der Waals surface area contributed by atoms with Gasteiger partial charge in [-0.3, -0.25) is 9.78 Å². The van der Waals surface area contributed by atoms with Gasteiger partial charge in [-0.1, -0.05) is 0 Å². The van der Waals surface area contributed by atoms with Gasteiger partial charge in [0.15, 0.2) is 5.65 Å². The molecule has 0 bridgehead atoms. The zero-order valence-corrected chi connectivity index (χ0v) is 8.60. The first kappa shape index (κ1) is 8.72. The average Bonchev–Trinajstić information content (AvgIpc) is 2.61. The van der Waals surface area contributed by atoms with Gasteiger partial charge in [-0.15, -0.1) is 11.8 Å². The molecule has 2 aromatic rings. The third-order valence-corrected chi connectivity index (χ3v) is 3.40. The van der Waals surface area contributed by atoms with Crippen molar-refractivity contribution < 1.29 is 0 Å². The first-order valence-electron chi connectivity index (χ1n) is 4.56. The lowest BCUT2D eigenvalue weighted by Gasteiger charge is -2.00. The second-order valence-corrected chi connectivity index (χ2v) is 4.46. The van der Waals surface area contributed by atoms with E-state index in [1.165, 1.54) is 0 Å². The van der Waals surface area contributed by atoms with Crippen molar-refractivity contribution in [1.82, 2.24) is 15.0 Å². The molecule has 76 valence electrons. The van der Waals surface area contributed by atoms with Crippen LogP contribution in [-0.2, 0) is 6.42 Å². The fourth-order valence-corrected chi connectivity index (χ4v) is 2.68. The molecule has 2 aromatic heterocycles. The molecular formula is C9H8N4OS. The van der Waals surface area contributed by atoms with Crippen LogP contribution >= 0.6 is 11.8 Å². The minimum Gasteiger partial charge on any atom is -0.369 e. The maximum atomic E-state index is 11.6. The van der Waals surface area contributed by atoms with Crippen molar-refractivity contribution in [2.45, 2.75) is 11.4 Å². The van der Waals surface area contributed by atoms with Gasteiger partial charge >= 0.3 is 0 Å². The van der Waals surface area contributed by atoms with Crippen molar-refractivity contribution in [2.24, 2.45) is 0 Å². The summed E-state index contributed by atoms with van der Waals surface area (Å²) in [6.07, 6.45) is 0.965. The zero-order chi connectivity index (χ0) is 10.4. The van der Waals surface area contributed by atoms with E-state index in [1.807, 2.05) is 6.07 Å². The van der Waals surface area contributed by atoms with Crippen LogP contribution < -0.4 is 11.3 Å². The Morgan fingerprint density at radius 1 is 1.47 bits per heavy atom. The molecule has 15 heavy (non-hydrogen) atoms. The lowest BCUT2D eigenvalue weighted by molar-refractivity contribution is 1.05. The molecule has 0 aliphatic carbocycles. The predicted molar refractivity (Wildman–Crippen MR) is 59.0 cm³/mol. The Bertz CT molecular complexity index is 607. The summed E-state index contributed by atoms with van der Waals surface area (Å²) in [5.41, 5.74) is 6.80. The average molecular weight is 220 g/mol. The van der Waals surface area contributed by atoms with Crippen molar-refractivity contribution >= 4 is 28.7 Å². The van der Waals surface area contributed by atoms with Gasteiger partial charge < -0.3 is 5.73 Å². The quantitative estimate of drug-likeness (QED) is 0.677. The SMILES string of the molecule is Nc1nc2nc3c(cc2c(=O)[nH]1)CCS3. The summed E-state index contributed by atoms with van der Waals surface area (Å²) in [5, 5.41) is 1.49. The fraction of sp³-hybridized carbons (Fsp3) is 0.222. The lowest BCUT2D eigenvalue weighted by atomic mass is 10.2. The van der Waals surface area contributed by atoms with E-state index in [9.17, 15) is 4.79 Å². The van der Waals surface area contributed by atoms with Crippen molar-refractivity contribution in [3.05, 3.63) is 22.0 Å². The molecule has 0 unspecified atom stereocenters. The number of aromatic nitrogens is 3. The Labute approximate surface area is 89.1 Å². The maximum Gasteiger partial charge on any atom is 0.261 e. The van der Waals surface area contributed by atoms with Crippen LogP contribution in [0.1, 0.15) is 5.56 Å². The first-order valence-corrected chi connectivity index (χ1v) is 5.55. The molecule has 0 amide bonds. The first-order chi connectivity index (χ1) is 7.24. The highest BCUT2D eigenvalue weighted by atomic mass is 32.2. The van der Waals surface area contributed by atoms with E-state index in [0.29, 0.717) is 11.0 Å². The smallest absolute Gasteiger partial charge is 0.261 e. The number of pyridine rings is 1. The Balaban J connectivity index is 2.43. The fourth-order valence-electron chi connectivity index (χ4n) is 1.67. The van der Waals surface area contributed by atoms with Crippen LogP contribution in [0.3, 0.4) is 0 Å². The van der Waals surface area contributed by atoms with Crippen LogP contribution in [0.4, 0.5) is 5.95 Å². The minimum atomic E-state index is -0.218. The third-order valence-electron chi connectivity index (χ3n) is 2.36. The summed E-state index contributed by atoms with van der Waals surface area (Å²) in [4.78, 5) is 22.4. The van der Waals surface area contributed by atoms with Crippen LogP contribution in [0.5, 0.6) is 0 Å². The number of nitrogens with two attached hydrogens (primary N) is 1. The number of thioether (sulfide) groups is 1. The minimum absolute atomic E-state index is 0.114. The number of nitrogens with zero attached hydrogens (tertiary/aromatic N) is 2. The van der Waals surface area contributed by atoms with E-state index in [0.717, 1.165) is 22.8 Å². The van der Waals surface area contributed by atoms with Crippen LogP contribution in [0.2, 0.25) is 0 Å². The number of aryl methyl sites for hydroxylation is 1. The highest BCUT2D eigenvalue weighted by Gasteiger charge is 2.15. The van der Waals surface area contributed by atoms with Gasteiger partial charge in [-0.05, 0) is 18.1 Å². The molecule has 3 N–H and O–H groups in total. The third kappa shape index (κ3) is 1.29. The number of hydrogen-bond acceptors (Lipinski definition) is 5. The second kappa shape index (κ2) is 2.96. The number of rotatable bonds is 0. The summed E-state index contributed by atoms with van der Waals surface area (Å²) >= 11 is 1.69. The summed E-state index contributed by atoms with van der Waals surface area (Å²) in [6, 6.07) is 1.86. The number of H-pyrrole nitrogens is 1. The number of nitrogens with one attached hydrogen (secondary N) is 1. The molecule has 1 aliphatic heterocycles. The molecule has 0 radical (unpaired) electrons. The van der Waals surface area contributed by atoms with Gasteiger partial charge in [0.1, 0.15) is 5.03 Å². The highest BCUT2D eigenvalue weighted by Crippen LogP contribution is 2.30. The van der Waals surface area contributed by atoms with Gasteiger partial charge in [-0.25, -0.2) is 4.98 Å². The van der Waals surface area contributed by atoms with Gasteiger partial charge in [0.05, 0.1) is 5.39 Å². The van der Waals surface area contributed by atoms with Crippen LogP contribution in [0.15, 0.2) is 15.9 Å². The van der Waals surface area contributed by atoms with Crippen molar-refractivity contribution in [1.29, 1.82) is 0 Å². The molecule has 1 aliphatic rings. The van der Waals surface area contributed by atoms with Crippen molar-refractivity contribution in [3.8, 4) is 0 Å². The molecule has 5 nitrogen and oxygen atoms in total. The summed E-state index contributed by atoms with van der Waals surface area (Å²) in [6.45, 7) is 0. The maximum absolute atomic E-state index is 11.6. The van der Waals surface area contributed by atoms with Crippen LogP contribution in [0, 0.1) is 0 Å². The highest BCUT2D eigenvalue weighted by molar-refractivity contribution is 7.99. The molecule has 0 fully saturated rings. The van der Waals surface area contributed by atoms with Gasteiger partial charge in [0, 0.05) is 5.75 Å². The van der Waals surface area contributed by atoms with Crippen LogP contribution in [0.25, 0.3) is 11.0 Å². The van der Waals surface area contributed by atoms with Crippen LogP contribution in [-0.4, -0.2) is 20.7 Å². The summed E-state index contributed by atoms with van der Waals surface area (Å²) in [5.74, 6) is 1.13. The normalized spacial score (nSPS) is 14.4. The largest absolute Gasteiger partial charge is 0.369 e. The molecule has 3 rings (SSSR count). The number of aromatic amines is 1. The molecule has 0 saturated heterocycles. The van der Waals surface area contributed by atoms with Gasteiger partial charge in [-0.2, -0.15) is 4.98 Å². The van der Waals surface area contributed by atoms with E-state index >= 15 is 0 Å².